The predicted octanol–water partition coefficient (Wildman–Crippen LogP) is 1.88. The molecule has 1 aromatic rings. The number of ether oxygens (including phenoxy) is 2. The Bertz CT molecular complexity index is 1010. The lowest BCUT2D eigenvalue weighted by Gasteiger charge is -2.35. The van der Waals surface area contributed by atoms with Gasteiger partial charge in [-0.2, -0.15) is 5.09 Å². The lowest BCUT2D eigenvalue weighted by atomic mass is 9.97. The molecule has 2 saturated heterocycles. The van der Waals surface area contributed by atoms with Crippen LogP contribution in [0.4, 0.5) is 9.18 Å². The molecule has 12 nitrogen and oxygen atoms in total. The molecule has 0 bridgehead atoms. The second kappa shape index (κ2) is 11.2. The molecule has 0 spiro atoms. The Balaban J connectivity index is 1.74. The standard InChI is InChI=1S/C22H31FN3O9P/c1-13(2)33-19(29)14(3)25-36(31,35-15-8-6-5-7-9-15)32-12-16-18(28)22(4,23)20(34-16)26-11-10-17(27)24-21(26)30/h5-9,13-14,16,18,20,28H,10-12H2,1-4H3,(H,25,31)(H,24,27,30)/t14-,16-,18+,20-,22+,36-/m0/s1. The van der Waals surface area contributed by atoms with Crippen LogP contribution in [0.2, 0.25) is 0 Å². The second-order valence-electron chi connectivity index (χ2n) is 8.95. The van der Waals surface area contributed by atoms with Crippen LogP contribution in [0.25, 0.3) is 0 Å². The number of alkyl halides is 1. The fourth-order valence-corrected chi connectivity index (χ4v) is 5.20. The number of esters is 1. The summed E-state index contributed by atoms with van der Waals surface area (Å²) in [5.74, 6) is -1.05. The topological polar surface area (TPSA) is 153 Å². The van der Waals surface area contributed by atoms with Crippen molar-refractivity contribution >= 4 is 25.7 Å². The molecule has 2 heterocycles. The second-order valence-corrected chi connectivity index (χ2v) is 10.6. The molecule has 3 rings (SSSR count). The summed E-state index contributed by atoms with van der Waals surface area (Å²) >= 11 is 0. The van der Waals surface area contributed by atoms with Crippen molar-refractivity contribution in [3.8, 4) is 5.75 Å². The van der Waals surface area contributed by atoms with Gasteiger partial charge in [0.2, 0.25) is 5.91 Å². The molecular weight excluding hydrogens is 500 g/mol. The summed E-state index contributed by atoms with van der Waals surface area (Å²) in [7, 11) is -4.29. The maximum absolute atomic E-state index is 15.5. The largest absolute Gasteiger partial charge is 0.462 e. The number of aliphatic hydroxyl groups excluding tert-OH is 1. The molecule has 2 aliphatic heterocycles. The number of aliphatic hydroxyl groups is 1. The Kier molecular flexibility index (Phi) is 8.73. The minimum absolute atomic E-state index is 0.0622. The fourth-order valence-electron chi connectivity index (χ4n) is 3.70. The van der Waals surface area contributed by atoms with Gasteiger partial charge in [-0.1, -0.05) is 18.2 Å². The highest BCUT2D eigenvalue weighted by atomic mass is 31.2. The monoisotopic (exact) mass is 531 g/mol. The first-order valence-corrected chi connectivity index (χ1v) is 13.0. The summed E-state index contributed by atoms with van der Waals surface area (Å²) in [6, 6.07) is 6.04. The quantitative estimate of drug-likeness (QED) is 0.301. The van der Waals surface area contributed by atoms with E-state index >= 15 is 4.39 Å². The molecule has 0 unspecified atom stereocenters. The number of halogens is 1. The molecule has 2 aliphatic rings. The molecule has 0 saturated carbocycles. The van der Waals surface area contributed by atoms with Gasteiger partial charge < -0.3 is 19.1 Å². The highest BCUT2D eigenvalue weighted by molar-refractivity contribution is 7.52. The van der Waals surface area contributed by atoms with Gasteiger partial charge in [0.1, 0.15) is 24.0 Å². The molecule has 3 amide bonds. The average Bonchev–Trinajstić information content (AvgIpc) is 3.01. The summed E-state index contributed by atoms with van der Waals surface area (Å²) in [6.45, 7) is 5.04. The zero-order chi connectivity index (χ0) is 26.7. The van der Waals surface area contributed by atoms with Gasteiger partial charge in [0.25, 0.3) is 0 Å². The Labute approximate surface area is 208 Å². The molecule has 2 fully saturated rings. The van der Waals surface area contributed by atoms with Crippen molar-refractivity contribution in [2.45, 2.75) is 70.4 Å². The minimum atomic E-state index is -4.29. The highest BCUT2D eigenvalue weighted by Gasteiger charge is 2.58. The maximum atomic E-state index is 15.5. The molecule has 0 radical (unpaired) electrons. The van der Waals surface area contributed by atoms with Gasteiger partial charge in [-0.05, 0) is 39.8 Å². The van der Waals surface area contributed by atoms with Crippen molar-refractivity contribution in [2.24, 2.45) is 0 Å². The van der Waals surface area contributed by atoms with Crippen LogP contribution >= 0.6 is 7.75 Å². The van der Waals surface area contributed by atoms with Crippen LogP contribution in [0.15, 0.2) is 30.3 Å². The number of imide groups is 1. The molecule has 0 aliphatic carbocycles. The van der Waals surface area contributed by atoms with Crippen LogP contribution in [-0.2, 0) is 28.2 Å². The molecule has 200 valence electrons. The lowest BCUT2D eigenvalue weighted by Crippen LogP contribution is -2.59. The Hall–Kier alpha value is -2.57. The van der Waals surface area contributed by atoms with Crippen LogP contribution in [-0.4, -0.2) is 77.3 Å². The van der Waals surface area contributed by atoms with Crippen molar-refractivity contribution in [1.29, 1.82) is 0 Å². The Morgan fingerprint density at radius 2 is 2.00 bits per heavy atom. The lowest BCUT2D eigenvalue weighted by molar-refractivity contribution is -0.149. The third-order valence-corrected chi connectivity index (χ3v) is 7.17. The fraction of sp³-hybridized carbons (Fsp3) is 0.591. The first kappa shape index (κ1) is 28.0. The number of hydrogen-bond acceptors (Lipinski definition) is 9. The van der Waals surface area contributed by atoms with E-state index in [1.165, 1.54) is 19.1 Å². The first-order chi connectivity index (χ1) is 16.8. The van der Waals surface area contributed by atoms with Crippen LogP contribution in [0, 0.1) is 0 Å². The maximum Gasteiger partial charge on any atom is 0.459 e. The van der Waals surface area contributed by atoms with E-state index in [9.17, 15) is 24.1 Å². The summed E-state index contributed by atoms with van der Waals surface area (Å²) < 4.78 is 50.7. The van der Waals surface area contributed by atoms with Crippen LogP contribution in [0.1, 0.15) is 34.1 Å². The van der Waals surface area contributed by atoms with Crippen LogP contribution in [0.3, 0.4) is 0 Å². The van der Waals surface area contributed by atoms with Gasteiger partial charge >= 0.3 is 19.7 Å². The molecule has 0 aromatic heterocycles. The van der Waals surface area contributed by atoms with E-state index < -0.39 is 68.5 Å². The van der Waals surface area contributed by atoms with Crippen LogP contribution < -0.4 is 14.9 Å². The van der Waals surface area contributed by atoms with E-state index in [1.807, 2.05) is 0 Å². The number of hydrogen-bond donors (Lipinski definition) is 3. The summed E-state index contributed by atoms with van der Waals surface area (Å²) in [4.78, 5) is 36.8. The van der Waals surface area contributed by atoms with Gasteiger partial charge in [0.15, 0.2) is 11.9 Å². The van der Waals surface area contributed by atoms with E-state index in [4.69, 9.17) is 18.5 Å². The number of para-hydroxylation sites is 1. The third-order valence-electron chi connectivity index (χ3n) is 5.52. The van der Waals surface area contributed by atoms with Gasteiger partial charge in [-0.25, -0.2) is 13.8 Å². The highest BCUT2D eigenvalue weighted by Crippen LogP contribution is 2.46. The number of nitrogens with one attached hydrogen (secondary N) is 2. The number of nitrogens with zero attached hydrogens (tertiary/aromatic N) is 1. The van der Waals surface area contributed by atoms with Crippen LogP contribution in [0.5, 0.6) is 5.75 Å². The van der Waals surface area contributed by atoms with E-state index in [0.717, 1.165) is 11.8 Å². The summed E-state index contributed by atoms with van der Waals surface area (Å²) in [5, 5.41) is 15.1. The van der Waals surface area contributed by atoms with E-state index in [0.29, 0.717) is 0 Å². The molecule has 6 atom stereocenters. The zero-order valence-electron chi connectivity index (χ0n) is 20.4. The van der Waals surface area contributed by atoms with E-state index in [2.05, 4.69) is 10.4 Å². The molecule has 1 aromatic carbocycles. The third kappa shape index (κ3) is 6.60. The number of benzene rings is 1. The van der Waals surface area contributed by atoms with E-state index in [-0.39, 0.29) is 18.7 Å². The van der Waals surface area contributed by atoms with Crippen molar-refractivity contribution in [3.63, 3.8) is 0 Å². The number of rotatable bonds is 10. The van der Waals surface area contributed by atoms with Gasteiger partial charge in [0, 0.05) is 13.0 Å². The summed E-state index contributed by atoms with van der Waals surface area (Å²) in [5.41, 5.74) is -2.43. The molecule has 36 heavy (non-hydrogen) atoms. The molecule has 14 heteroatoms. The van der Waals surface area contributed by atoms with E-state index in [1.54, 1.807) is 32.0 Å². The SMILES string of the molecule is CC(C)OC(=O)[C@H](C)N[P@](=O)(OC[C@@H]1O[C@H](N2CCC(=O)NC2=O)[C@](C)(F)[C@@H]1O)Oc1ccccc1. The van der Waals surface area contributed by atoms with Crippen molar-refractivity contribution in [2.75, 3.05) is 13.2 Å². The predicted molar refractivity (Wildman–Crippen MR) is 123 cm³/mol. The molecular formula is C22H31FN3O9P. The normalized spacial score (nSPS) is 29.0. The average molecular weight is 531 g/mol. The Morgan fingerprint density at radius 1 is 1.33 bits per heavy atom. The Morgan fingerprint density at radius 3 is 2.61 bits per heavy atom. The number of carbonyl (C=O) groups excluding carboxylic acids is 3. The number of carbonyl (C=O) groups is 3. The first-order valence-electron chi connectivity index (χ1n) is 11.4. The van der Waals surface area contributed by atoms with Crippen molar-refractivity contribution in [1.82, 2.24) is 15.3 Å². The zero-order valence-corrected chi connectivity index (χ0v) is 21.3. The molecule has 3 N–H and O–H groups in total. The van der Waals surface area contributed by atoms with Crippen molar-refractivity contribution in [3.05, 3.63) is 30.3 Å². The smallest absolute Gasteiger partial charge is 0.459 e. The number of amides is 3. The number of urea groups is 1. The van der Waals surface area contributed by atoms with Gasteiger partial charge in [0.05, 0.1) is 12.7 Å². The van der Waals surface area contributed by atoms with Crippen molar-refractivity contribution < 1.29 is 47.0 Å². The van der Waals surface area contributed by atoms with Gasteiger partial charge in [-0.3, -0.25) is 24.3 Å². The minimum Gasteiger partial charge on any atom is -0.462 e. The summed E-state index contributed by atoms with van der Waals surface area (Å²) in [6.07, 6.45) is -5.14. The van der Waals surface area contributed by atoms with Gasteiger partial charge in [-0.15, -0.1) is 0 Å².